The van der Waals surface area contributed by atoms with Crippen molar-refractivity contribution < 1.29 is 10.3 Å². The van der Waals surface area contributed by atoms with E-state index in [9.17, 15) is 5.11 Å². The molecule has 3 nitrogen and oxygen atoms in total. The van der Waals surface area contributed by atoms with Gasteiger partial charge in [0, 0.05) is 18.5 Å². The van der Waals surface area contributed by atoms with Gasteiger partial charge < -0.3 is 10.3 Å². The van der Waals surface area contributed by atoms with Gasteiger partial charge in [0.1, 0.15) is 0 Å². The first-order valence-electron chi connectivity index (χ1n) is 3.81. The molecule has 0 saturated heterocycles. The molecule has 0 aliphatic carbocycles. The molecule has 0 aromatic carbocycles. The highest BCUT2D eigenvalue weighted by Crippen LogP contribution is 2.21. The molecule has 2 N–H and O–H groups in total. The molecule has 12 heavy (non-hydrogen) atoms. The molecule has 1 aromatic rings. The van der Waals surface area contributed by atoms with Crippen molar-refractivity contribution >= 4 is 11.3 Å². The molecule has 0 amide bonds. The van der Waals surface area contributed by atoms with Crippen LogP contribution >= 0.6 is 11.3 Å². The Kier molecular flexibility index (Phi) is 3.68. The Morgan fingerprint density at radius 1 is 1.67 bits per heavy atom. The number of aliphatic hydroxyl groups excluding tert-OH is 1. The molecular weight excluding hydrogens is 174 g/mol. The van der Waals surface area contributed by atoms with Gasteiger partial charge in [-0.2, -0.15) is 5.06 Å². The molecule has 0 bridgehead atoms. The molecule has 0 unspecified atom stereocenters. The Labute approximate surface area is 75.8 Å². The minimum absolute atomic E-state index is 0.445. The molecule has 1 aromatic heterocycles. The van der Waals surface area contributed by atoms with Crippen molar-refractivity contribution in [1.29, 1.82) is 0 Å². The third-order valence-corrected chi connectivity index (χ3v) is 2.57. The zero-order valence-electron chi connectivity index (χ0n) is 6.97. The first-order valence-corrected chi connectivity index (χ1v) is 4.69. The predicted molar refractivity (Wildman–Crippen MR) is 48.3 cm³/mol. The van der Waals surface area contributed by atoms with Crippen molar-refractivity contribution in [3.63, 3.8) is 0 Å². The molecule has 1 atom stereocenters. The van der Waals surface area contributed by atoms with Gasteiger partial charge in [0.05, 0.1) is 6.10 Å². The van der Waals surface area contributed by atoms with Crippen LogP contribution in [-0.2, 0) is 0 Å². The van der Waals surface area contributed by atoms with Crippen molar-refractivity contribution in [2.45, 2.75) is 12.5 Å². The van der Waals surface area contributed by atoms with E-state index >= 15 is 0 Å². The van der Waals surface area contributed by atoms with Gasteiger partial charge in [-0.3, -0.25) is 0 Å². The largest absolute Gasteiger partial charge is 0.388 e. The van der Waals surface area contributed by atoms with E-state index in [2.05, 4.69) is 0 Å². The second kappa shape index (κ2) is 4.57. The topological polar surface area (TPSA) is 43.7 Å². The number of thiophene rings is 1. The van der Waals surface area contributed by atoms with Gasteiger partial charge in [-0.1, -0.05) is 6.07 Å². The molecule has 68 valence electrons. The van der Waals surface area contributed by atoms with Gasteiger partial charge >= 0.3 is 0 Å². The van der Waals surface area contributed by atoms with Crippen molar-refractivity contribution in [2.24, 2.45) is 0 Å². The summed E-state index contributed by atoms with van der Waals surface area (Å²) in [5.74, 6) is 0. The van der Waals surface area contributed by atoms with Crippen LogP contribution < -0.4 is 0 Å². The Balaban J connectivity index is 2.34. The second-order valence-corrected chi connectivity index (χ2v) is 3.68. The monoisotopic (exact) mass is 187 g/mol. The van der Waals surface area contributed by atoms with Gasteiger partial charge in [-0.15, -0.1) is 11.3 Å². The van der Waals surface area contributed by atoms with Crippen LogP contribution in [0.4, 0.5) is 0 Å². The zero-order valence-corrected chi connectivity index (χ0v) is 7.79. The SMILES string of the molecule is CN(O)CC[C@H](O)c1cccs1. The van der Waals surface area contributed by atoms with E-state index in [-0.39, 0.29) is 0 Å². The van der Waals surface area contributed by atoms with Crippen LogP contribution in [0.15, 0.2) is 17.5 Å². The molecular formula is C8H13NO2S. The summed E-state index contributed by atoms with van der Waals surface area (Å²) in [7, 11) is 1.57. The molecule has 0 aliphatic rings. The number of rotatable bonds is 4. The van der Waals surface area contributed by atoms with Crippen molar-refractivity contribution in [2.75, 3.05) is 13.6 Å². The molecule has 1 heterocycles. The lowest BCUT2D eigenvalue weighted by Crippen LogP contribution is -2.16. The molecule has 0 spiro atoms. The van der Waals surface area contributed by atoms with Gasteiger partial charge in [0.2, 0.25) is 0 Å². The zero-order chi connectivity index (χ0) is 8.97. The molecule has 4 heteroatoms. The molecule has 0 radical (unpaired) electrons. The maximum Gasteiger partial charge on any atom is 0.0895 e. The summed E-state index contributed by atoms with van der Waals surface area (Å²) in [5, 5.41) is 21.4. The van der Waals surface area contributed by atoms with E-state index in [4.69, 9.17) is 5.21 Å². The lowest BCUT2D eigenvalue weighted by atomic mass is 10.2. The lowest BCUT2D eigenvalue weighted by Gasteiger charge is -2.11. The lowest BCUT2D eigenvalue weighted by molar-refractivity contribution is -0.0721. The first-order chi connectivity index (χ1) is 5.70. The van der Waals surface area contributed by atoms with E-state index in [0.29, 0.717) is 13.0 Å². The average molecular weight is 187 g/mol. The standard InChI is InChI=1S/C8H13NO2S/c1-9(11)5-4-7(10)8-3-2-6-12-8/h2-3,6-7,10-11H,4-5H2,1H3/t7-/m0/s1. The summed E-state index contributed by atoms with van der Waals surface area (Å²) in [5.41, 5.74) is 0. The first kappa shape index (κ1) is 9.67. The number of hydrogen-bond donors (Lipinski definition) is 2. The summed E-state index contributed by atoms with van der Waals surface area (Å²) in [4.78, 5) is 0.955. The fourth-order valence-electron chi connectivity index (χ4n) is 0.932. The van der Waals surface area contributed by atoms with Crippen molar-refractivity contribution in [3.05, 3.63) is 22.4 Å². The number of hydrogen-bond acceptors (Lipinski definition) is 4. The van der Waals surface area contributed by atoms with Crippen LogP contribution in [0, 0.1) is 0 Å². The summed E-state index contributed by atoms with van der Waals surface area (Å²) >= 11 is 1.53. The fraction of sp³-hybridized carbons (Fsp3) is 0.500. The summed E-state index contributed by atoms with van der Waals surface area (Å²) in [6.45, 7) is 0.485. The third kappa shape index (κ3) is 2.91. The van der Waals surface area contributed by atoms with Gasteiger partial charge in [0.25, 0.3) is 0 Å². The van der Waals surface area contributed by atoms with Crippen molar-refractivity contribution in [3.8, 4) is 0 Å². The second-order valence-electron chi connectivity index (χ2n) is 2.70. The minimum atomic E-state index is -0.445. The van der Waals surface area contributed by atoms with Gasteiger partial charge in [0.15, 0.2) is 0 Å². The summed E-state index contributed by atoms with van der Waals surface area (Å²) in [6, 6.07) is 3.80. The van der Waals surface area contributed by atoms with Crippen LogP contribution in [0.5, 0.6) is 0 Å². The molecule has 0 fully saturated rings. The van der Waals surface area contributed by atoms with Crippen LogP contribution in [0.25, 0.3) is 0 Å². The van der Waals surface area contributed by atoms with E-state index in [1.165, 1.54) is 11.3 Å². The summed E-state index contributed by atoms with van der Waals surface area (Å²) < 4.78 is 0. The van der Waals surface area contributed by atoms with E-state index in [1.54, 1.807) is 7.05 Å². The maximum absolute atomic E-state index is 9.53. The molecule has 0 saturated carbocycles. The highest BCUT2D eigenvalue weighted by atomic mass is 32.1. The quantitative estimate of drug-likeness (QED) is 0.702. The van der Waals surface area contributed by atoms with Crippen LogP contribution in [-0.4, -0.2) is 29.0 Å². The van der Waals surface area contributed by atoms with E-state index in [0.717, 1.165) is 9.94 Å². The van der Waals surface area contributed by atoms with Crippen LogP contribution in [0.3, 0.4) is 0 Å². The van der Waals surface area contributed by atoms with E-state index < -0.39 is 6.10 Å². The number of aliphatic hydroxyl groups is 1. The Morgan fingerprint density at radius 3 is 2.92 bits per heavy atom. The molecule has 1 rings (SSSR count). The minimum Gasteiger partial charge on any atom is -0.388 e. The maximum atomic E-state index is 9.53. The highest BCUT2D eigenvalue weighted by molar-refractivity contribution is 7.10. The fourth-order valence-corrected chi connectivity index (χ4v) is 1.68. The highest BCUT2D eigenvalue weighted by Gasteiger charge is 2.08. The number of hydroxylamine groups is 2. The smallest absolute Gasteiger partial charge is 0.0895 e. The number of nitrogens with zero attached hydrogens (tertiary/aromatic N) is 1. The predicted octanol–water partition coefficient (Wildman–Crippen LogP) is 1.49. The van der Waals surface area contributed by atoms with Gasteiger partial charge in [-0.25, -0.2) is 0 Å². The van der Waals surface area contributed by atoms with Gasteiger partial charge in [-0.05, 0) is 17.9 Å². The average Bonchev–Trinajstić information content (AvgIpc) is 2.51. The Bertz CT molecular complexity index is 211. The Hall–Kier alpha value is -0.420. The summed E-state index contributed by atoms with van der Waals surface area (Å²) in [6.07, 6.45) is 0.118. The normalized spacial score (nSPS) is 13.7. The third-order valence-electron chi connectivity index (χ3n) is 1.60. The van der Waals surface area contributed by atoms with Crippen LogP contribution in [0.1, 0.15) is 17.4 Å². The Morgan fingerprint density at radius 2 is 2.42 bits per heavy atom. The van der Waals surface area contributed by atoms with Crippen molar-refractivity contribution in [1.82, 2.24) is 5.06 Å². The van der Waals surface area contributed by atoms with Crippen LogP contribution in [0.2, 0.25) is 0 Å². The molecule has 0 aliphatic heterocycles. The van der Waals surface area contributed by atoms with E-state index in [1.807, 2.05) is 17.5 Å².